The molecule has 2 aromatic rings. The molecule has 126 valence electrons. The Morgan fingerprint density at radius 3 is 2.70 bits per heavy atom. The number of likely N-dealkylation sites (N-methyl/N-ethyl adjacent to an activating group) is 1. The molecule has 0 saturated carbocycles. The van der Waals surface area contributed by atoms with Crippen LogP contribution in [-0.2, 0) is 11.3 Å². The number of hydrogen-bond acceptors (Lipinski definition) is 3. The standard InChI is InChI=1S/C18H28N4O/c1-13(2)11-16(19)18(23)20-15-6-5-14-7-8-22(17(14)12-15)10-9-21(3)4/h5-8,12-13,16H,9-11,19H2,1-4H3,(H,20,23)/t16-/m0/s1. The Labute approximate surface area is 138 Å². The van der Waals surface area contributed by atoms with E-state index >= 15 is 0 Å². The van der Waals surface area contributed by atoms with Crippen LogP contribution in [0.1, 0.15) is 20.3 Å². The number of rotatable bonds is 7. The van der Waals surface area contributed by atoms with Gasteiger partial charge < -0.3 is 20.5 Å². The average Bonchev–Trinajstić information content (AvgIpc) is 2.86. The number of amides is 1. The van der Waals surface area contributed by atoms with Crippen molar-refractivity contribution in [2.45, 2.75) is 32.9 Å². The van der Waals surface area contributed by atoms with Crippen molar-refractivity contribution >= 4 is 22.5 Å². The molecule has 1 aromatic heterocycles. The molecular formula is C18H28N4O. The maximum absolute atomic E-state index is 12.2. The Kier molecular flexibility index (Phi) is 5.80. The molecule has 0 unspecified atom stereocenters. The van der Waals surface area contributed by atoms with Crippen molar-refractivity contribution in [2.24, 2.45) is 11.7 Å². The van der Waals surface area contributed by atoms with Gasteiger partial charge in [-0.3, -0.25) is 4.79 Å². The lowest BCUT2D eigenvalue weighted by molar-refractivity contribution is -0.117. The molecule has 0 aliphatic carbocycles. The van der Waals surface area contributed by atoms with Crippen molar-refractivity contribution < 1.29 is 4.79 Å². The molecule has 5 nitrogen and oxygen atoms in total. The van der Waals surface area contributed by atoms with Crippen molar-refractivity contribution in [3.63, 3.8) is 0 Å². The van der Waals surface area contributed by atoms with Gasteiger partial charge in [0.2, 0.25) is 5.91 Å². The van der Waals surface area contributed by atoms with Crippen molar-refractivity contribution in [2.75, 3.05) is 26.0 Å². The van der Waals surface area contributed by atoms with E-state index in [0.717, 1.165) is 24.3 Å². The van der Waals surface area contributed by atoms with Crippen LogP contribution < -0.4 is 11.1 Å². The maximum Gasteiger partial charge on any atom is 0.241 e. The number of anilines is 1. The summed E-state index contributed by atoms with van der Waals surface area (Å²) >= 11 is 0. The third kappa shape index (κ3) is 4.81. The quantitative estimate of drug-likeness (QED) is 0.825. The van der Waals surface area contributed by atoms with Gasteiger partial charge in [0.05, 0.1) is 11.6 Å². The number of aromatic nitrogens is 1. The minimum Gasteiger partial charge on any atom is -0.346 e. The molecule has 23 heavy (non-hydrogen) atoms. The first-order valence-electron chi connectivity index (χ1n) is 8.17. The SMILES string of the molecule is CC(C)C[C@H](N)C(=O)Nc1ccc2ccn(CCN(C)C)c2c1. The van der Waals surface area contributed by atoms with Gasteiger partial charge in [-0.1, -0.05) is 19.9 Å². The first kappa shape index (κ1) is 17.5. The molecule has 1 amide bonds. The Bertz CT molecular complexity index is 660. The maximum atomic E-state index is 12.2. The number of carbonyl (C=O) groups excluding carboxylic acids is 1. The molecule has 0 bridgehead atoms. The smallest absolute Gasteiger partial charge is 0.241 e. The van der Waals surface area contributed by atoms with E-state index in [1.54, 1.807) is 0 Å². The van der Waals surface area contributed by atoms with Crippen LogP contribution in [0.3, 0.4) is 0 Å². The molecule has 1 atom stereocenters. The Balaban J connectivity index is 2.12. The Morgan fingerprint density at radius 1 is 1.30 bits per heavy atom. The lowest BCUT2D eigenvalue weighted by Gasteiger charge is -2.15. The fourth-order valence-electron chi connectivity index (χ4n) is 2.61. The topological polar surface area (TPSA) is 63.3 Å². The highest BCUT2D eigenvalue weighted by molar-refractivity contribution is 5.96. The van der Waals surface area contributed by atoms with Gasteiger partial charge in [0, 0.05) is 25.0 Å². The van der Waals surface area contributed by atoms with Gasteiger partial charge in [-0.2, -0.15) is 0 Å². The average molecular weight is 316 g/mol. The summed E-state index contributed by atoms with van der Waals surface area (Å²) in [5, 5.41) is 4.11. The molecule has 0 spiro atoms. The lowest BCUT2D eigenvalue weighted by Crippen LogP contribution is -2.36. The summed E-state index contributed by atoms with van der Waals surface area (Å²) in [6, 6.07) is 7.61. The first-order chi connectivity index (χ1) is 10.9. The normalized spacial score (nSPS) is 13.0. The molecule has 0 saturated heterocycles. The Morgan fingerprint density at radius 2 is 2.04 bits per heavy atom. The number of nitrogens with two attached hydrogens (primary N) is 1. The first-order valence-corrected chi connectivity index (χ1v) is 8.17. The molecule has 3 N–H and O–H groups in total. The van der Waals surface area contributed by atoms with Gasteiger partial charge >= 0.3 is 0 Å². The summed E-state index contributed by atoms with van der Waals surface area (Å²) in [4.78, 5) is 14.3. The van der Waals surface area contributed by atoms with Gasteiger partial charge in [-0.25, -0.2) is 0 Å². The van der Waals surface area contributed by atoms with Gasteiger partial charge in [0.1, 0.15) is 0 Å². The summed E-state index contributed by atoms with van der Waals surface area (Å²) in [5.41, 5.74) is 7.87. The third-order valence-electron chi connectivity index (χ3n) is 3.89. The van der Waals surface area contributed by atoms with Crippen LogP contribution in [0.2, 0.25) is 0 Å². The van der Waals surface area contributed by atoms with Gasteiger partial charge in [-0.05, 0) is 50.0 Å². The molecular weight excluding hydrogens is 288 g/mol. The van der Waals surface area contributed by atoms with E-state index in [1.165, 1.54) is 5.39 Å². The van der Waals surface area contributed by atoms with Crippen molar-refractivity contribution in [3.05, 3.63) is 30.5 Å². The molecule has 0 radical (unpaired) electrons. The molecule has 5 heteroatoms. The third-order valence-corrected chi connectivity index (χ3v) is 3.89. The fourth-order valence-corrected chi connectivity index (χ4v) is 2.61. The van der Waals surface area contributed by atoms with Crippen molar-refractivity contribution in [1.82, 2.24) is 9.47 Å². The van der Waals surface area contributed by atoms with Crippen LogP contribution in [-0.4, -0.2) is 42.1 Å². The van der Waals surface area contributed by atoms with Gasteiger partial charge in [0.15, 0.2) is 0 Å². The number of hydrogen-bond donors (Lipinski definition) is 2. The van der Waals surface area contributed by atoms with Gasteiger partial charge in [-0.15, -0.1) is 0 Å². The monoisotopic (exact) mass is 316 g/mol. The van der Waals surface area contributed by atoms with Gasteiger partial charge in [0.25, 0.3) is 0 Å². The molecule has 0 fully saturated rings. The predicted molar refractivity (Wildman–Crippen MR) is 96.6 cm³/mol. The molecule has 0 aliphatic rings. The lowest BCUT2D eigenvalue weighted by atomic mass is 10.0. The summed E-state index contributed by atoms with van der Waals surface area (Å²) in [6.07, 6.45) is 2.78. The summed E-state index contributed by atoms with van der Waals surface area (Å²) in [7, 11) is 4.13. The second-order valence-corrected chi connectivity index (χ2v) is 6.81. The van der Waals surface area contributed by atoms with Crippen LogP contribution in [0.15, 0.2) is 30.5 Å². The van der Waals surface area contributed by atoms with E-state index in [9.17, 15) is 4.79 Å². The molecule has 2 rings (SSSR count). The van der Waals surface area contributed by atoms with Crippen LogP contribution in [0, 0.1) is 5.92 Å². The van der Waals surface area contributed by atoms with Crippen LogP contribution in [0.5, 0.6) is 0 Å². The highest BCUT2D eigenvalue weighted by atomic mass is 16.2. The number of nitrogens with one attached hydrogen (secondary N) is 1. The largest absolute Gasteiger partial charge is 0.346 e. The highest BCUT2D eigenvalue weighted by Gasteiger charge is 2.15. The summed E-state index contributed by atoms with van der Waals surface area (Å²) in [5.74, 6) is 0.283. The van der Waals surface area contributed by atoms with Crippen LogP contribution >= 0.6 is 0 Å². The minimum absolute atomic E-state index is 0.121. The second-order valence-electron chi connectivity index (χ2n) is 6.81. The van der Waals surface area contributed by atoms with E-state index in [-0.39, 0.29) is 5.91 Å². The summed E-state index contributed by atoms with van der Waals surface area (Å²) < 4.78 is 2.21. The van der Waals surface area contributed by atoms with Crippen LogP contribution in [0.4, 0.5) is 5.69 Å². The summed E-state index contributed by atoms with van der Waals surface area (Å²) in [6.45, 7) is 6.02. The zero-order valence-corrected chi connectivity index (χ0v) is 14.5. The minimum atomic E-state index is -0.466. The number of fused-ring (bicyclic) bond motifs is 1. The van der Waals surface area contributed by atoms with E-state index < -0.39 is 6.04 Å². The van der Waals surface area contributed by atoms with Crippen molar-refractivity contribution in [3.8, 4) is 0 Å². The number of nitrogens with zero attached hydrogens (tertiary/aromatic N) is 2. The number of carbonyl (C=O) groups is 1. The molecule has 0 aliphatic heterocycles. The van der Waals surface area contributed by atoms with E-state index in [0.29, 0.717) is 12.3 Å². The highest BCUT2D eigenvalue weighted by Crippen LogP contribution is 2.21. The fraction of sp³-hybridized carbons (Fsp3) is 0.500. The van der Waals surface area contributed by atoms with E-state index in [2.05, 4.69) is 55.0 Å². The van der Waals surface area contributed by atoms with E-state index in [4.69, 9.17) is 5.73 Å². The molecule has 1 heterocycles. The number of benzene rings is 1. The zero-order valence-electron chi connectivity index (χ0n) is 14.5. The second kappa shape index (κ2) is 7.62. The van der Waals surface area contributed by atoms with Crippen molar-refractivity contribution in [1.29, 1.82) is 0 Å². The molecule has 1 aromatic carbocycles. The van der Waals surface area contributed by atoms with Crippen LogP contribution in [0.25, 0.3) is 10.9 Å². The zero-order chi connectivity index (χ0) is 17.0. The van der Waals surface area contributed by atoms with E-state index in [1.807, 2.05) is 18.2 Å². The Hall–Kier alpha value is -1.85. The predicted octanol–water partition coefficient (Wildman–Crippen LogP) is 2.51.